The molecule has 0 saturated carbocycles. The van der Waals surface area contributed by atoms with Gasteiger partial charge >= 0.3 is 5.97 Å². The van der Waals surface area contributed by atoms with Gasteiger partial charge in [-0.15, -0.1) is 11.3 Å². The van der Waals surface area contributed by atoms with Crippen molar-refractivity contribution in [3.8, 4) is 5.75 Å². The Bertz CT molecular complexity index is 1320. The number of hydrogen-bond acceptors (Lipinski definition) is 5. The van der Waals surface area contributed by atoms with E-state index in [2.05, 4.69) is 97.4 Å². The first-order chi connectivity index (χ1) is 17.7. The first kappa shape index (κ1) is 27.6. The average Bonchev–Trinajstić information content (AvgIpc) is 3.21. The fourth-order valence-electron chi connectivity index (χ4n) is 5.01. The summed E-state index contributed by atoms with van der Waals surface area (Å²) in [6.07, 6.45) is 0.709. The lowest BCUT2D eigenvalue weighted by Crippen LogP contribution is -2.66. The van der Waals surface area contributed by atoms with Gasteiger partial charge in [-0.1, -0.05) is 81.4 Å². The van der Waals surface area contributed by atoms with Gasteiger partial charge in [-0.25, -0.2) is 4.79 Å². The van der Waals surface area contributed by atoms with Crippen LogP contribution in [0.4, 0.5) is 0 Å². The quantitative estimate of drug-likeness (QED) is 0.155. The molecule has 0 bridgehead atoms. The van der Waals surface area contributed by atoms with Crippen LogP contribution >= 0.6 is 27.3 Å². The molecule has 3 aromatic carbocycles. The molecule has 0 aliphatic rings. The van der Waals surface area contributed by atoms with Crippen LogP contribution in [-0.4, -0.2) is 34.6 Å². The Kier molecular flexibility index (Phi) is 8.58. The lowest BCUT2D eigenvalue weighted by molar-refractivity contribution is 0.0526. The number of benzene rings is 3. The highest BCUT2D eigenvalue weighted by atomic mass is 79.9. The zero-order valence-corrected chi connectivity index (χ0v) is 25.4. The first-order valence-electron chi connectivity index (χ1n) is 12.4. The predicted molar refractivity (Wildman–Crippen MR) is 159 cm³/mol. The third-order valence-electron chi connectivity index (χ3n) is 6.62. The SMILES string of the molecule is CCOC(=O)c1cc(OC)c2c(CCO[Si](c3ccccc3)(c3ccccc3)C(C)(C)C)c(Br)sc2c1. The van der Waals surface area contributed by atoms with Crippen LogP contribution in [0.1, 0.15) is 43.6 Å². The van der Waals surface area contributed by atoms with E-state index in [1.54, 1.807) is 31.4 Å². The summed E-state index contributed by atoms with van der Waals surface area (Å²) in [7, 11) is -0.990. The van der Waals surface area contributed by atoms with Crippen LogP contribution in [0.5, 0.6) is 5.75 Å². The number of rotatable bonds is 9. The van der Waals surface area contributed by atoms with Gasteiger partial charge in [0.1, 0.15) is 5.75 Å². The summed E-state index contributed by atoms with van der Waals surface area (Å²) in [4.78, 5) is 12.4. The summed E-state index contributed by atoms with van der Waals surface area (Å²) < 4.78 is 20.1. The number of esters is 1. The predicted octanol–water partition coefficient (Wildman–Crippen LogP) is 6.97. The molecule has 7 heteroatoms. The molecule has 0 fully saturated rings. The maximum absolute atomic E-state index is 12.4. The van der Waals surface area contributed by atoms with E-state index in [4.69, 9.17) is 13.9 Å². The molecule has 0 unspecified atom stereocenters. The number of hydrogen-bond donors (Lipinski definition) is 0. The van der Waals surface area contributed by atoms with Gasteiger partial charge in [0.05, 0.1) is 23.1 Å². The zero-order chi connectivity index (χ0) is 26.6. The minimum Gasteiger partial charge on any atom is -0.496 e. The summed E-state index contributed by atoms with van der Waals surface area (Å²) in [6, 6.07) is 25.0. The Morgan fingerprint density at radius 2 is 1.57 bits per heavy atom. The Labute approximate surface area is 232 Å². The molecule has 0 radical (unpaired) electrons. The number of fused-ring (bicyclic) bond motifs is 1. The highest BCUT2D eigenvalue weighted by Crippen LogP contribution is 2.42. The molecule has 37 heavy (non-hydrogen) atoms. The lowest BCUT2D eigenvalue weighted by atomic mass is 10.1. The van der Waals surface area contributed by atoms with Crippen molar-refractivity contribution in [2.24, 2.45) is 0 Å². The number of ether oxygens (including phenoxy) is 2. The van der Waals surface area contributed by atoms with Crippen molar-refractivity contribution in [1.82, 2.24) is 0 Å². The van der Waals surface area contributed by atoms with Crippen LogP contribution in [0.15, 0.2) is 76.6 Å². The largest absolute Gasteiger partial charge is 0.496 e. The normalized spacial score (nSPS) is 12.1. The highest BCUT2D eigenvalue weighted by molar-refractivity contribution is 9.11. The molecule has 1 aromatic heterocycles. The Morgan fingerprint density at radius 3 is 2.08 bits per heavy atom. The van der Waals surface area contributed by atoms with Crippen molar-refractivity contribution >= 4 is 62.0 Å². The second kappa shape index (κ2) is 11.5. The van der Waals surface area contributed by atoms with Gasteiger partial charge in [0, 0.05) is 16.7 Å². The molecule has 194 valence electrons. The van der Waals surface area contributed by atoms with Gasteiger partial charge in [-0.05, 0) is 62.4 Å². The van der Waals surface area contributed by atoms with Crippen LogP contribution < -0.4 is 15.1 Å². The van der Waals surface area contributed by atoms with Gasteiger partial charge in [-0.3, -0.25) is 0 Å². The van der Waals surface area contributed by atoms with E-state index in [0.717, 1.165) is 19.4 Å². The summed E-state index contributed by atoms with van der Waals surface area (Å²) in [6.45, 7) is 9.55. The second-order valence-electron chi connectivity index (χ2n) is 9.89. The average molecular weight is 598 g/mol. The van der Waals surface area contributed by atoms with Crippen molar-refractivity contribution in [2.75, 3.05) is 20.3 Å². The van der Waals surface area contributed by atoms with E-state index >= 15 is 0 Å². The van der Waals surface area contributed by atoms with E-state index in [1.807, 2.05) is 6.07 Å². The van der Waals surface area contributed by atoms with Crippen molar-refractivity contribution in [2.45, 2.75) is 39.2 Å². The second-order valence-corrected chi connectivity index (χ2v) is 16.6. The molecule has 0 aliphatic heterocycles. The van der Waals surface area contributed by atoms with Crippen LogP contribution in [0, 0.1) is 0 Å². The zero-order valence-electron chi connectivity index (χ0n) is 22.0. The fourth-order valence-corrected chi connectivity index (χ4v) is 11.5. The molecule has 0 atom stereocenters. The molecule has 0 amide bonds. The molecule has 4 aromatic rings. The van der Waals surface area contributed by atoms with E-state index in [-0.39, 0.29) is 11.0 Å². The highest BCUT2D eigenvalue weighted by Gasteiger charge is 2.50. The summed E-state index contributed by atoms with van der Waals surface area (Å²) in [5, 5.41) is 3.45. The van der Waals surface area contributed by atoms with E-state index < -0.39 is 8.32 Å². The van der Waals surface area contributed by atoms with Gasteiger partial charge in [0.15, 0.2) is 0 Å². The van der Waals surface area contributed by atoms with Crippen molar-refractivity contribution in [3.05, 3.63) is 87.7 Å². The molecule has 4 rings (SSSR count). The summed E-state index contributed by atoms with van der Waals surface area (Å²) >= 11 is 5.38. The van der Waals surface area contributed by atoms with Crippen molar-refractivity contribution < 1.29 is 18.7 Å². The van der Waals surface area contributed by atoms with Gasteiger partial charge in [0.2, 0.25) is 0 Å². The molecule has 0 aliphatic carbocycles. The number of carbonyl (C=O) groups excluding carboxylic acids is 1. The standard InChI is InChI=1S/C30H33BrO4SSi/c1-6-34-29(32)21-19-25(33-5)27-24(28(31)36-26(27)20-21)17-18-35-37(30(2,3)4,22-13-9-7-10-14-22)23-15-11-8-12-16-23/h7-16,19-20H,6,17-18H2,1-5H3. The minimum atomic E-state index is -2.63. The topological polar surface area (TPSA) is 44.8 Å². The summed E-state index contributed by atoms with van der Waals surface area (Å²) in [5.74, 6) is 0.326. The minimum absolute atomic E-state index is 0.0874. The molecule has 0 N–H and O–H groups in total. The van der Waals surface area contributed by atoms with E-state index in [9.17, 15) is 4.79 Å². The number of thiophene rings is 1. The molecule has 1 heterocycles. The summed E-state index contributed by atoms with van der Waals surface area (Å²) in [5.41, 5.74) is 1.63. The first-order valence-corrected chi connectivity index (χ1v) is 16.0. The van der Waals surface area contributed by atoms with E-state index in [0.29, 0.717) is 30.9 Å². The van der Waals surface area contributed by atoms with Crippen molar-refractivity contribution in [1.29, 1.82) is 0 Å². The Morgan fingerprint density at radius 1 is 0.973 bits per heavy atom. The molecular weight excluding hydrogens is 564 g/mol. The van der Waals surface area contributed by atoms with Crippen LogP contribution in [0.25, 0.3) is 10.1 Å². The Hall–Kier alpha value is -2.45. The van der Waals surface area contributed by atoms with Crippen LogP contribution in [0.3, 0.4) is 0 Å². The molecule has 0 spiro atoms. The van der Waals surface area contributed by atoms with Gasteiger partial charge in [-0.2, -0.15) is 0 Å². The number of carbonyl (C=O) groups is 1. The Balaban J connectivity index is 1.73. The third-order valence-corrected chi connectivity index (χ3v) is 13.6. The molecule has 0 saturated heterocycles. The lowest BCUT2D eigenvalue weighted by Gasteiger charge is -2.43. The van der Waals surface area contributed by atoms with Crippen molar-refractivity contribution in [3.63, 3.8) is 0 Å². The van der Waals surface area contributed by atoms with Gasteiger partial charge in [0.25, 0.3) is 8.32 Å². The maximum Gasteiger partial charge on any atom is 0.338 e. The molecule has 4 nitrogen and oxygen atoms in total. The monoisotopic (exact) mass is 596 g/mol. The maximum atomic E-state index is 12.4. The number of methoxy groups -OCH3 is 1. The molecular formula is C30H33BrO4SSi. The smallest absolute Gasteiger partial charge is 0.338 e. The van der Waals surface area contributed by atoms with E-state index in [1.165, 1.54) is 10.4 Å². The van der Waals surface area contributed by atoms with Crippen LogP contribution in [-0.2, 0) is 15.6 Å². The van der Waals surface area contributed by atoms with Gasteiger partial charge < -0.3 is 13.9 Å². The third kappa shape index (κ3) is 5.41. The number of halogens is 1. The fraction of sp³-hybridized carbons (Fsp3) is 0.300. The van der Waals surface area contributed by atoms with Crippen LogP contribution in [0.2, 0.25) is 5.04 Å².